The molecule has 1 heterocycles. The van der Waals surface area contributed by atoms with Crippen LogP contribution >= 0.6 is 27.5 Å². The maximum absolute atomic E-state index is 9.17. The number of aryl methyl sites for hydroxylation is 1. The molecule has 17 heavy (non-hydrogen) atoms. The second kappa shape index (κ2) is 5.03. The fourth-order valence-corrected chi connectivity index (χ4v) is 2.44. The molecule has 0 amide bonds. The van der Waals surface area contributed by atoms with Gasteiger partial charge in [-0.15, -0.1) is 0 Å². The van der Waals surface area contributed by atoms with Crippen LogP contribution in [0.25, 0.3) is 10.9 Å². The summed E-state index contributed by atoms with van der Waals surface area (Å²) in [7, 11) is 0. The predicted molar refractivity (Wildman–Crippen MR) is 73.2 cm³/mol. The molecule has 0 unspecified atom stereocenters. The second-order valence-corrected chi connectivity index (χ2v) is 5.06. The summed E-state index contributed by atoms with van der Waals surface area (Å²) in [5.41, 5.74) is 2.12. The highest BCUT2D eigenvalue weighted by Gasteiger charge is 2.12. The Balaban J connectivity index is 2.79. The molecule has 0 spiro atoms. The molecule has 0 aliphatic heterocycles. The van der Waals surface area contributed by atoms with E-state index in [9.17, 15) is 0 Å². The molecule has 86 valence electrons. The van der Waals surface area contributed by atoms with Gasteiger partial charge in [0.15, 0.2) is 0 Å². The predicted octanol–water partition coefficient (Wildman–Crippen LogP) is 4.47. The maximum Gasteiger partial charge on any atom is 0.103 e. The molecule has 0 aliphatic carbocycles. The summed E-state index contributed by atoms with van der Waals surface area (Å²) in [6.07, 6.45) is 1.72. The van der Waals surface area contributed by atoms with Crippen molar-refractivity contribution in [2.45, 2.75) is 19.8 Å². The first-order valence-electron chi connectivity index (χ1n) is 5.35. The van der Waals surface area contributed by atoms with Crippen LogP contribution in [0.15, 0.2) is 22.7 Å². The number of hydrogen-bond acceptors (Lipinski definition) is 2. The van der Waals surface area contributed by atoms with Gasteiger partial charge in [0.25, 0.3) is 0 Å². The van der Waals surface area contributed by atoms with Crippen molar-refractivity contribution in [3.05, 3.63) is 39.0 Å². The number of pyridine rings is 1. The van der Waals surface area contributed by atoms with E-state index in [1.807, 2.05) is 18.2 Å². The highest BCUT2D eigenvalue weighted by atomic mass is 79.9. The summed E-state index contributed by atoms with van der Waals surface area (Å²) in [6.45, 7) is 2.06. The van der Waals surface area contributed by atoms with E-state index >= 15 is 0 Å². The Kier molecular flexibility index (Phi) is 3.66. The van der Waals surface area contributed by atoms with Crippen LogP contribution in [-0.2, 0) is 6.42 Å². The fraction of sp³-hybridized carbons (Fsp3) is 0.231. The van der Waals surface area contributed by atoms with E-state index in [0.717, 1.165) is 33.9 Å². The molecular weight excluding hydrogens is 300 g/mol. The van der Waals surface area contributed by atoms with Crippen molar-refractivity contribution in [2.24, 2.45) is 0 Å². The van der Waals surface area contributed by atoms with Crippen molar-refractivity contribution >= 4 is 38.4 Å². The maximum atomic E-state index is 9.17. The average molecular weight is 310 g/mol. The van der Waals surface area contributed by atoms with Gasteiger partial charge in [-0.05, 0) is 24.6 Å². The summed E-state index contributed by atoms with van der Waals surface area (Å²) in [5, 5.41) is 10.5. The molecule has 0 aliphatic rings. The normalized spacial score (nSPS) is 10.5. The number of nitrogens with zero attached hydrogens (tertiary/aromatic N) is 2. The van der Waals surface area contributed by atoms with Crippen LogP contribution in [0.2, 0.25) is 5.02 Å². The minimum atomic E-state index is 0.499. The molecule has 0 fully saturated rings. The third kappa shape index (κ3) is 2.29. The number of benzene rings is 1. The van der Waals surface area contributed by atoms with Gasteiger partial charge in [0.2, 0.25) is 0 Å². The highest BCUT2D eigenvalue weighted by Crippen LogP contribution is 2.30. The lowest BCUT2D eigenvalue weighted by molar-refractivity contribution is 0.885. The molecule has 1 aromatic carbocycles. The minimum absolute atomic E-state index is 0.499. The third-order valence-electron chi connectivity index (χ3n) is 2.56. The van der Waals surface area contributed by atoms with Crippen molar-refractivity contribution in [1.29, 1.82) is 5.26 Å². The molecule has 0 bridgehead atoms. The van der Waals surface area contributed by atoms with Crippen LogP contribution in [0.1, 0.15) is 24.6 Å². The number of rotatable bonds is 2. The third-order valence-corrected chi connectivity index (χ3v) is 3.44. The second-order valence-electron chi connectivity index (χ2n) is 3.77. The first-order chi connectivity index (χ1) is 8.17. The molecule has 0 saturated carbocycles. The van der Waals surface area contributed by atoms with Gasteiger partial charge >= 0.3 is 0 Å². The minimum Gasteiger partial charge on any atom is -0.251 e. The Morgan fingerprint density at radius 1 is 1.47 bits per heavy atom. The molecule has 4 heteroatoms. The zero-order valence-corrected chi connectivity index (χ0v) is 11.6. The number of halogens is 2. The van der Waals surface area contributed by atoms with Crippen molar-refractivity contribution in [2.75, 3.05) is 0 Å². The SMILES string of the molecule is CCCc1nc2ccc(Br)cc2c(Cl)c1C#N. The Hall–Kier alpha value is -1.11. The van der Waals surface area contributed by atoms with Crippen molar-refractivity contribution < 1.29 is 0 Å². The number of fused-ring (bicyclic) bond motifs is 1. The first kappa shape index (κ1) is 12.3. The van der Waals surface area contributed by atoms with Crippen LogP contribution in [0.5, 0.6) is 0 Å². The summed E-state index contributed by atoms with van der Waals surface area (Å²) in [4.78, 5) is 4.51. The van der Waals surface area contributed by atoms with Gasteiger partial charge in [0.1, 0.15) is 6.07 Å². The van der Waals surface area contributed by atoms with E-state index in [1.165, 1.54) is 0 Å². The molecule has 0 N–H and O–H groups in total. The van der Waals surface area contributed by atoms with Crippen LogP contribution in [0.3, 0.4) is 0 Å². The van der Waals surface area contributed by atoms with Gasteiger partial charge in [-0.3, -0.25) is 4.98 Å². The van der Waals surface area contributed by atoms with Gasteiger partial charge in [-0.25, -0.2) is 0 Å². The highest BCUT2D eigenvalue weighted by molar-refractivity contribution is 9.10. The number of nitriles is 1. The monoisotopic (exact) mass is 308 g/mol. The molecular formula is C13H10BrClN2. The van der Waals surface area contributed by atoms with Crippen LogP contribution in [0, 0.1) is 11.3 Å². The molecule has 0 radical (unpaired) electrons. The largest absolute Gasteiger partial charge is 0.251 e. The van der Waals surface area contributed by atoms with Crippen LogP contribution in [0.4, 0.5) is 0 Å². The van der Waals surface area contributed by atoms with Gasteiger partial charge in [-0.1, -0.05) is 40.9 Å². The Morgan fingerprint density at radius 2 is 2.24 bits per heavy atom. The van der Waals surface area contributed by atoms with E-state index in [0.29, 0.717) is 10.6 Å². The fourth-order valence-electron chi connectivity index (χ4n) is 1.78. The van der Waals surface area contributed by atoms with Gasteiger partial charge in [0, 0.05) is 9.86 Å². The average Bonchev–Trinajstić information content (AvgIpc) is 2.31. The Bertz CT molecular complexity index is 617. The summed E-state index contributed by atoms with van der Waals surface area (Å²) < 4.78 is 0.931. The summed E-state index contributed by atoms with van der Waals surface area (Å²) in [6, 6.07) is 7.87. The van der Waals surface area contributed by atoms with Crippen LogP contribution in [-0.4, -0.2) is 4.98 Å². The molecule has 0 saturated heterocycles. The van der Waals surface area contributed by atoms with Crippen molar-refractivity contribution in [1.82, 2.24) is 4.98 Å². The lowest BCUT2D eigenvalue weighted by Crippen LogP contribution is -1.97. The number of aromatic nitrogens is 1. The first-order valence-corrected chi connectivity index (χ1v) is 6.52. The molecule has 2 rings (SSSR count). The lowest BCUT2D eigenvalue weighted by Gasteiger charge is -2.08. The smallest absolute Gasteiger partial charge is 0.103 e. The van der Waals surface area contributed by atoms with E-state index in [4.69, 9.17) is 16.9 Å². The van der Waals surface area contributed by atoms with E-state index in [2.05, 4.69) is 33.9 Å². The van der Waals surface area contributed by atoms with E-state index < -0.39 is 0 Å². The van der Waals surface area contributed by atoms with Crippen LogP contribution < -0.4 is 0 Å². The quantitative estimate of drug-likeness (QED) is 0.820. The van der Waals surface area contributed by atoms with Crippen molar-refractivity contribution in [3.63, 3.8) is 0 Å². The molecule has 1 aromatic heterocycles. The molecule has 2 nitrogen and oxygen atoms in total. The Morgan fingerprint density at radius 3 is 2.88 bits per heavy atom. The topological polar surface area (TPSA) is 36.7 Å². The van der Waals surface area contributed by atoms with E-state index in [-0.39, 0.29) is 0 Å². The molecule has 2 aromatic rings. The van der Waals surface area contributed by atoms with E-state index in [1.54, 1.807) is 0 Å². The molecule has 0 atom stereocenters. The van der Waals surface area contributed by atoms with Gasteiger partial charge < -0.3 is 0 Å². The number of hydrogen-bond donors (Lipinski definition) is 0. The summed E-state index contributed by atoms with van der Waals surface area (Å²) in [5.74, 6) is 0. The lowest BCUT2D eigenvalue weighted by atomic mass is 10.1. The zero-order chi connectivity index (χ0) is 12.4. The van der Waals surface area contributed by atoms with Crippen molar-refractivity contribution in [3.8, 4) is 6.07 Å². The Labute approximate surface area is 113 Å². The van der Waals surface area contributed by atoms with Gasteiger partial charge in [-0.2, -0.15) is 5.26 Å². The summed E-state index contributed by atoms with van der Waals surface area (Å²) >= 11 is 9.66. The zero-order valence-electron chi connectivity index (χ0n) is 9.30. The standard InChI is InChI=1S/C13H10BrClN2/c1-2-3-11-10(7-16)13(15)9-6-8(14)4-5-12(9)17-11/h4-6H,2-3H2,1H3. The van der Waals surface area contributed by atoms with Gasteiger partial charge in [0.05, 0.1) is 21.8 Å².